The van der Waals surface area contributed by atoms with Gasteiger partial charge in [-0.05, 0) is 12.8 Å². The molecule has 0 aromatic carbocycles. The molecule has 418 valence electrons. The fourth-order valence-electron chi connectivity index (χ4n) is 10.8. The summed E-state index contributed by atoms with van der Waals surface area (Å²) in [5.74, 6) is 0.269. The standard InChI is InChI=1S/C66H132N2O2/c1-3-5-7-9-11-13-15-17-19-21-23-25-27-29-31-33-35-37-39-41-43-45-47-49-51-53-55-57-59-61-65(69)67-63-64-68-66(70)62-60-58-56-54-52-50-48-46-44-42-40-38-36-34-32-30-28-26-24-22-20-18-16-14-12-10-8-6-4-2/h3-64H2,1-2H3,(H,67,69)(H,68,70). The Balaban J connectivity index is 3.21. The summed E-state index contributed by atoms with van der Waals surface area (Å²) >= 11 is 0. The summed E-state index contributed by atoms with van der Waals surface area (Å²) in [4.78, 5) is 24.5. The second-order valence-electron chi connectivity index (χ2n) is 23.0. The largest absolute Gasteiger partial charge is 0.354 e. The van der Waals surface area contributed by atoms with E-state index in [1.807, 2.05) is 0 Å². The Bertz CT molecular complexity index is 892. The van der Waals surface area contributed by atoms with E-state index in [9.17, 15) is 9.59 Å². The molecule has 0 saturated carbocycles. The molecule has 0 atom stereocenters. The minimum Gasteiger partial charge on any atom is -0.354 e. The highest BCUT2D eigenvalue weighted by Crippen LogP contribution is 2.19. The smallest absolute Gasteiger partial charge is 0.220 e. The maximum absolute atomic E-state index is 12.2. The molecule has 2 N–H and O–H groups in total. The first-order chi connectivity index (χ1) is 34.7. The van der Waals surface area contributed by atoms with Crippen LogP contribution in [0.3, 0.4) is 0 Å². The monoisotopic (exact) mass is 985 g/mol. The van der Waals surface area contributed by atoms with E-state index in [0.717, 1.165) is 25.7 Å². The van der Waals surface area contributed by atoms with Crippen molar-refractivity contribution in [3.05, 3.63) is 0 Å². The van der Waals surface area contributed by atoms with Crippen molar-refractivity contribution in [3.63, 3.8) is 0 Å². The molecule has 2 amide bonds. The molecule has 0 heterocycles. The average molecular weight is 986 g/mol. The third-order valence-electron chi connectivity index (χ3n) is 15.8. The molecule has 4 heteroatoms. The number of hydrogen-bond donors (Lipinski definition) is 2. The molecule has 0 aromatic heterocycles. The van der Waals surface area contributed by atoms with Crippen LogP contribution in [-0.4, -0.2) is 24.9 Å². The fraction of sp³-hybridized carbons (Fsp3) is 0.970. The van der Waals surface area contributed by atoms with E-state index in [1.165, 1.54) is 347 Å². The Kier molecular flexibility index (Phi) is 63.1. The van der Waals surface area contributed by atoms with Gasteiger partial charge >= 0.3 is 0 Å². The van der Waals surface area contributed by atoms with E-state index in [0.29, 0.717) is 25.9 Å². The summed E-state index contributed by atoms with van der Waals surface area (Å²) in [5, 5.41) is 5.99. The van der Waals surface area contributed by atoms with Crippen LogP contribution in [0, 0.1) is 0 Å². The topological polar surface area (TPSA) is 58.2 Å². The van der Waals surface area contributed by atoms with E-state index >= 15 is 0 Å². The highest BCUT2D eigenvalue weighted by Gasteiger charge is 2.04. The maximum atomic E-state index is 12.2. The van der Waals surface area contributed by atoms with Crippen molar-refractivity contribution in [2.45, 2.75) is 399 Å². The molecular formula is C66H132N2O2. The van der Waals surface area contributed by atoms with Crippen molar-refractivity contribution in [3.8, 4) is 0 Å². The fourth-order valence-corrected chi connectivity index (χ4v) is 10.8. The van der Waals surface area contributed by atoms with Gasteiger partial charge in [0.25, 0.3) is 0 Å². The molecule has 0 unspecified atom stereocenters. The van der Waals surface area contributed by atoms with Crippen LogP contribution in [0.1, 0.15) is 399 Å². The Morgan fingerprint density at radius 2 is 0.300 bits per heavy atom. The molecule has 70 heavy (non-hydrogen) atoms. The van der Waals surface area contributed by atoms with Gasteiger partial charge in [0.2, 0.25) is 11.8 Å². The van der Waals surface area contributed by atoms with Gasteiger partial charge in [0.1, 0.15) is 0 Å². The van der Waals surface area contributed by atoms with Gasteiger partial charge in [0, 0.05) is 25.9 Å². The molecule has 0 radical (unpaired) electrons. The van der Waals surface area contributed by atoms with Crippen molar-refractivity contribution in [2.75, 3.05) is 13.1 Å². The summed E-state index contributed by atoms with van der Waals surface area (Å²) in [7, 11) is 0. The molecule has 4 nitrogen and oxygen atoms in total. The maximum Gasteiger partial charge on any atom is 0.220 e. The number of unbranched alkanes of at least 4 members (excludes halogenated alkanes) is 56. The lowest BCUT2D eigenvalue weighted by Gasteiger charge is -2.07. The quantitative estimate of drug-likeness (QED) is 0.0597. The Labute approximate surface area is 442 Å². The van der Waals surface area contributed by atoms with Gasteiger partial charge in [-0.3, -0.25) is 9.59 Å². The number of rotatable bonds is 63. The second kappa shape index (κ2) is 64.1. The summed E-state index contributed by atoms with van der Waals surface area (Å²) < 4.78 is 0. The average Bonchev–Trinajstić information content (AvgIpc) is 3.36. The van der Waals surface area contributed by atoms with E-state index in [1.54, 1.807) is 0 Å². The first-order valence-electron chi connectivity index (χ1n) is 33.2. The lowest BCUT2D eigenvalue weighted by Crippen LogP contribution is -2.34. The van der Waals surface area contributed by atoms with Crippen LogP contribution in [0.25, 0.3) is 0 Å². The third kappa shape index (κ3) is 63.1. The van der Waals surface area contributed by atoms with Crippen LogP contribution in [0.15, 0.2) is 0 Å². The van der Waals surface area contributed by atoms with Gasteiger partial charge in [-0.2, -0.15) is 0 Å². The number of amides is 2. The predicted molar refractivity (Wildman–Crippen MR) is 314 cm³/mol. The molecule has 0 fully saturated rings. The Hall–Kier alpha value is -1.06. The molecule has 0 aliphatic heterocycles. The van der Waals surface area contributed by atoms with E-state index in [-0.39, 0.29) is 11.8 Å². The van der Waals surface area contributed by atoms with Gasteiger partial charge in [-0.15, -0.1) is 0 Å². The first kappa shape index (κ1) is 68.9. The molecule has 0 aromatic rings. The lowest BCUT2D eigenvalue weighted by molar-refractivity contribution is -0.123. The predicted octanol–water partition coefficient (Wildman–Crippen LogP) is 22.7. The van der Waals surface area contributed by atoms with Crippen LogP contribution < -0.4 is 10.6 Å². The number of carbonyl (C=O) groups excluding carboxylic acids is 2. The molecule has 0 saturated heterocycles. The second-order valence-corrected chi connectivity index (χ2v) is 23.0. The van der Waals surface area contributed by atoms with Crippen molar-refractivity contribution < 1.29 is 9.59 Å². The highest BCUT2D eigenvalue weighted by atomic mass is 16.2. The minimum absolute atomic E-state index is 0.134. The highest BCUT2D eigenvalue weighted by molar-refractivity contribution is 5.77. The van der Waals surface area contributed by atoms with Gasteiger partial charge in [-0.1, -0.05) is 373 Å². The van der Waals surface area contributed by atoms with E-state index in [2.05, 4.69) is 24.5 Å². The van der Waals surface area contributed by atoms with Gasteiger partial charge < -0.3 is 10.6 Å². The van der Waals surface area contributed by atoms with Crippen molar-refractivity contribution in [1.29, 1.82) is 0 Å². The summed E-state index contributed by atoms with van der Waals surface area (Å²) in [5.41, 5.74) is 0. The summed E-state index contributed by atoms with van der Waals surface area (Å²) in [6, 6.07) is 0. The number of hydrogen-bond acceptors (Lipinski definition) is 2. The molecule has 0 bridgehead atoms. The summed E-state index contributed by atoms with van der Waals surface area (Å²) in [6.07, 6.45) is 82.9. The third-order valence-corrected chi connectivity index (χ3v) is 15.8. The normalized spacial score (nSPS) is 11.5. The van der Waals surface area contributed by atoms with E-state index in [4.69, 9.17) is 0 Å². The minimum atomic E-state index is 0.134. The van der Waals surface area contributed by atoms with Crippen LogP contribution in [-0.2, 0) is 9.59 Å². The van der Waals surface area contributed by atoms with Crippen LogP contribution in [0.4, 0.5) is 0 Å². The zero-order valence-electron chi connectivity index (χ0n) is 48.7. The van der Waals surface area contributed by atoms with Crippen molar-refractivity contribution in [2.24, 2.45) is 0 Å². The zero-order chi connectivity index (χ0) is 50.4. The number of nitrogens with one attached hydrogen (secondary N) is 2. The van der Waals surface area contributed by atoms with Gasteiger partial charge in [-0.25, -0.2) is 0 Å². The van der Waals surface area contributed by atoms with Crippen molar-refractivity contribution >= 4 is 11.8 Å². The Morgan fingerprint density at radius 3 is 0.429 bits per heavy atom. The number of carbonyl (C=O) groups is 2. The van der Waals surface area contributed by atoms with Crippen LogP contribution >= 0.6 is 0 Å². The van der Waals surface area contributed by atoms with Crippen LogP contribution in [0.2, 0.25) is 0 Å². The zero-order valence-corrected chi connectivity index (χ0v) is 48.7. The summed E-state index contributed by atoms with van der Waals surface area (Å²) in [6.45, 7) is 5.70. The molecular weight excluding hydrogens is 853 g/mol. The van der Waals surface area contributed by atoms with Gasteiger partial charge in [0.15, 0.2) is 0 Å². The molecule has 0 aliphatic carbocycles. The van der Waals surface area contributed by atoms with Gasteiger partial charge in [0.05, 0.1) is 0 Å². The molecule has 0 aliphatic rings. The molecule has 0 rings (SSSR count). The lowest BCUT2D eigenvalue weighted by atomic mass is 10.0. The Morgan fingerprint density at radius 1 is 0.186 bits per heavy atom. The van der Waals surface area contributed by atoms with Crippen LogP contribution in [0.5, 0.6) is 0 Å². The van der Waals surface area contributed by atoms with E-state index < -0.39 is 0 Å². The first-order valence-corrected chi connectivity index (χ1v) is 33.2. The van der Waals surface area contributed by atoms with Crippen molar-refractivity contribution in [1.82, 2.24) is 10.6 Å². The SMILES string of the molecule is CCCCCCCCCCCCCCCCCCCCCCCCCCCCCCCC(=O)NCCNC(=O)CCCCCCCCCCCCCCCCCCCCCCCCCCCCCCC. The molecule has 0 spiro atoms.